The molecule has 4 heteroatoms. The van der Waals surface area contributed by atoms with Crippen molar-refractivity contribution in [1.29, 1.82) is 0 Å². The number of ether oxygens (including phenoxy) is 2. The number of esters is 2. The summed E-state index contributed by atoms with van der Waals surface area (Å²) < 4.78 is 10.6. The van der Waals surface area contributed by atoms with Gasteiger partial charge in [0.25, 0.3) is 0 Å². The lowest BCUT2D eigenvalue weighted by Gasteiger charge is -2.23. The van der Waals surface area contributed by atoms with E-state index >= 15 is 0 Å². The highest BCUT2D eigenvalue weighted by Gasteiger charge is 2.29. The minimum Gasteiger partial charge on any atom is -0.465 e. The van der Waals surface area contributed by atoms with Gasteiger partial charge < -0.3 is 9.47 Å². The van der Waals surface area contributed by atoms with E-state index < -0.39 is 5.92 Å². The molecule has 0 aromatic heterocycles. The molecule has 2 atom stereocenters. The first kappa shape index (κ1) is 20.2. The van der Waals surface area contributed by atoms with Crippen LogP contribution in [-0.4, -0.2) is 25.2 Å². The lowest BCUT2D eigenvalue weighted by Crippen LogP contribution is -2.26. The molecule has 0 saturated heterocycles. The minimum absolute atomic E-state index is 0.175. The van der Waals surface area contributed by atoms with Crippen LogP contribution in [0.3, 0.4) is 0 Å². The Hall–Kier alpha value is -1.84. The molecule has 0 spiro atoms. The van der Waals surface area contributed by atoms with Gasteiger partial charge >= 0.3 is 11.9 Å². The van der Waals surface area contributed by atoms with E-state index in [0.717, 1.165) is 5.56 Å². The molecule has 1 rings (SSSR count). The van der Waals surface area contributed by atoms with Crippen molar-refractivity contribution in [3.8, 4) is 0 Å². The molecule has 1 aromatic carbocycles. The van der Waals surface area contributed by atoms with Crippen LogP contribution >= 0.6 is 0 Å². The molecule has 0 heterocycles. The highest BCUT2D eigenvalue weighted by atomic mass is 16.5. The van der Waals surface area contributed by atoms with Crippen LogP contribution in [0.5, 0.6) is 0 Å². The molecule has 24 heavy (non-hydrogen) atoms. The normalized spacial score (nSPS) is 13.6. The van der Waals surface area contributed by atoms with Gasteiger partial charge in [-0.05, 0) is 17.4 Å². The largest absolute Gasteiger partial charge is 0.465 e. The third-order valence-electron chi connectivity index (χ3n) is 3.73. The lowest BCUT2D eigenvalue weighted by molar-refractivity contribution is -0.151. The van der Waals surface area contributed by atoms with Crippen molar-refractivity contribution < 1.29 is 19.1 Å². The van der Waals surface area contributed by atoms with Crippen LogP contribution in [0.4, 0.5) is 0 Å². The summed E-state index contributed by atoms with van der Waals surface area (Å²) in [5, 5.41) is 0. The zero-order valence-corrected chi connectivity index (χ0v) is 15.5. The second kappa shape index (κ2) is 10.1. The molecule has 0 amide bonds. The third-order valence-corrected chi connectivity index (χ3v) is 3.73. The van der Waals surface area contributed by atoms with E-state index in [-0.39, 0.29) is 36.1 Å². The van der Waals surface area contributed by atoms with Crippen LogP contribution in [0.1, 0.15) is 52.5 Å². The Bertz CT molecular complexity index is 508. The number of benzene rings is 1. The molecular weight excluding hydrogens is 304 g/mol. The molecule has 0 aliphatic carbocycles. The third kappa shape index (κ3) is 7.16. The fourth-order valence-electron chi connectivity index (χ4n) is 2.33. The van der Waals surface area contributed by atoms with Crippen LogP contribution < -0.4 is 0 Å². The van der Waals surface area contributed by atoms with Gasteiger partial charge in [-0.1, -0.05) is 65.0 Å². The van der Waals surface area contributed by atoms with Crippen molar-refractivity contribution in [2.45, 2.75) is 47.0 Å². The number of carbonyl (C=O) groups is 2. The fourth-order valence-corrected chi connectivity index (χ4v) is 2.33. The van der Waals surface area contributed by atoms with Gasteiger partial charge in [-0.3, -0.25) is 9.59 Å². The van der Waals surface area contributed by atoms with E-state index in [9.17, 15) is 9.59 Å². The summed E-state index contributed by atoms with van der Waals surface area (Å²) in [7, 11) is 0. The Balaban J connectivity index is 2.81. The molecule has 4 nitrogen and oxygen atoms in total. The maximum absolute atomic E-state index is 12.3. The van der Waals surface area contributed by atoms with Crippen LogP contribution in [0.2, 0.25) is 0 Å². The fraction of sp³-hybridized carbons (Fsp3) is 0.600. The zero-order valence-electron chi connectivity index (χ0n) is 15.5. The molecule has 0 fully saturated rings. The van der Waals surface area contributed by atoms with E-state index in [2.05, 4.69) is 0 Å². The number of rotatable bonds is 9. The summed E-state index contributed by atoms with van der Waals surface area (Å²) in [6.07, 6.45) is 0.175. The molecule has 0 saturated carbocycles. The average molecular weight is 334 g/mol. The molecular formula is C20H30O4. The average Bonchev–Trinajstić information content (AvgIpc) is 2.55. The van der Waals surface area contributed by atoms with E-state index in [4.69, 9.17) is 9.47 Å². The summed E-state index contributed by atoms with van der Waals surface area (Å²) in [6, 6.07) is 9.61. The molecule has 0 radical (unpaired) electrons. The van der Waals surface area contributed by atoms with Crippen LogP contribution in [-0.2, 0) is 19.1 Å². The molecule has 0 N–H and O–H groups in total. The zero-order chi connectivity index (χ0) is 18.1. The topological polar surface area (TPSA) is 52.6 Å². The van der Waals surface area contributed by atoms with Crippen LogP contribution in [0.15, 0.2) is 30.3 Å². The number of carbonyl (C=O) groups excluding carboxylic acids is 2. The van der Waals surface area contributed by atoms with Gasteiger partial charge in [0.2, 0.25) is 0 Å². The Kier molecular flexibility index (Phi) is 8.51. The van der Waals surface area contributed by atoms with Gasteiger partial charge in [-0.15, -0.1) is 0 Å². The standard InChI is InChI=1S/C20H30O4/c1-14(2)12-23-19(21)11-18(17-9-7-6-8-10-17)16(5)20(22)24-13-15(3)4/h6-10,14-16,18H,11-13H2,1-5H3. The van der Waals surface area contributed by atoms with Crippen molar-refractivity contribution in [2.75, 3.05) is 13.2 Å². The SMILES string of the molecule is CC(C)COC(=O)CC(c1ccccc1)C(C)C(=O)OCC(C)C. The first-order chi connectivity index (χ1) is 11.3. The highest BCUT2D eigenvalue weighted by Crippen LogP contribution is 2.29. The predicted molar refractivity (Wildman–Crippen MR) is 94.6 cm³/mol. The van der Waals surface area contributed by atoms with Crippen LogP contribution in [0, 0.1) is 17.8 Å². The highest BCUT2D eigenvalue weighted by molar-refractivity contribution is 5.76. The number of hydrogen-bond acceptors (Lipinski definition) is 4. The van der Waals surface area contributed by atoms with Gasteiger partial charge in [0.05, 0.1) is 25.6 Å². The molecule has 134 valence electrons. The monoisotopic (exact) mass is 334 g/mol. The molecule has 1 aromatic rings. The van der Waals surface area contributed by atoms with Crippen LogP contribution in [0.25, 0.3) is 0 Å². The van der Waals surface area contributed by atoms with E-state index in [1.54, 1.807) is 0 Å². The first-order valence-corrected chi connectivity index (χ1v) is 8.68. The maximum atomic E-state index is 12.3. The smallest absolute Gasteiger partial charge is 0.309 e. The van der Waals surface area contributed by atoms with Gasteiger partial charge in [-0.25, -0.2) is 0 Å². The first-order valence-electron chi connectivity index (χ1n) is 8.68. The van der Waals surface area contributed by atoms with Gasteiger partial charge in [0.1, 0.15) is 0 Å². The quantitative estimate of drug-likeness (QED) is 0.635. The Morgan fingerprint density at radius 3 is 1.96 bits per heavy atom. The van der Waals surface area contributed by atoms with Gasteiger partial charge in [0, 0.05) is 5.92 Å². The van der Waals surface area contributed by atoms with Crippen molar-refractivity contribution in [2.24, 2.45) is 17.8 Å². The summed E-state index contributed by atoms with van der Waals surface area (Å²) in [6.45, 7) is 10.6. The molecule has 2 unspecified atom stereocenters. The van der Waals surface area contributed by atoms with Crippen molar-refractivity contribution in [3.05, 3.63) is 35.9 Å². The Morgan fingerprint density at radius 2 is 1.42 bits per heavy atom. The molecule has 0 aliphatic heterocycles. The maximum Gasteiger partial charge on any atom is 0.309 e. The minimum atomic E-state index is -0.405. The van der Waals surface area contributed by atoms with Crippen molar-refractivity contribution in [3.63, 3.8) is 0 Å². The summed E-state index contributed by atoms with van der Waals surface area (Å²) in [5.41, 5.74) is 0.952. The van der Waals surface area contributed by atoms with E-state index in [1.165, 1.54) is 0 Å². The van der Waals surface area contributed by atoms with Crippen molar-refractivity contribution in [1.82, 2.24) is 0 Å². The Morgan fingerprint density at radius 1 is 0.875 bits per heavy atom. The van der Waals surface area contributed by atoms with Gasteiger partial charge in [-0.2, -0.15) is 0 Å². The summed E-state index contributed by atoms with van der Waals surface area (Å²) in [4.78, 5) is 24.5. The Labute approximate surface area is 145 Å². The summed E-state index contributed by atoms with van der Waals surface area (Å²) >= 11 is 0. The van der Waals surface area contributed by atoms with Gasteiger partial charge in [0.15, 0.2) is 0 Å². The molecule has 0 aliphatic rings. The predicted octanol–water partition coefficient (Wildman–Crippen LogP) is 4.19. The van der Waals surface area contributed by atoms with Crippen molar-refractivity contribution >= 4 is 11.9 Å². The summed E-state index contributed by atoms with van der Waals surface area (Å²) in [5.74, 6) is -0.622. The molecule has 0 bridgehead atoms. The van der Waals surface area contributed by atoms with E-state index in [1.807, 2.05) is 65.0 Å². The van der Waals surface area contributed by atoms with E-state index in [0.29, 0.717) is 13.2 Å². The lowest BCUT2D eigenvalue weighted by atomic mass is 9.84. The number of hydrogen-bond donors (Lipinski definition) is 0. The second-order valence-electron chi connectivity index (χ2n) is 7.11. The second-order valence-corrected chi connectivity index (χ2v) is 7.11.